The van der Waals surface area contributed by atoms with Gasteiger partial charge in [0, 0.05) is 23.1 Å². The Morgan fingerprint density at radius 3 is 2.90 bits per heavy atom. The first-order valence-electron chi connectivity index (χ1n) is 9.75. The molecule has 0 unspecified atom stereocenters. The maximum atomic E-state index is 14.7. The molecule has 3 N–H and O–H groups in total. The predicted molar refractivity (Wildman–Crippen MR) is 103 cm³/mol. The summed E-state index contributed by atoms with van der Waals surface area (Å²) >= 11 is 0. The number of benzene rings is 1. The van der Waals surface area contributed by atoms with Gasteiger partial charge in [-0.1, -0.05) is 5.92 Å². The quantitative estimate of drug-likeness (QED) is 0.726. The van der Waals surface area contributed by atoms with Gasteiger partial charge >= 0.3 is 0 Å². The standard InChI is InChI=1S/C21H17F3N4O3/c22-14-5-4-11(26-18(29)15-9-30-17(27-15)6-3-10-1-2-10)7-12(14)21(19(23)24)13-8-16(13)31-20(25)28-21/h4-5,7,9-10,13,16,19H,1-2,8H2,(H2,25,28)(H,26,29)/t13-,16+,21+/m0/s1. The first-order chi connectivity index (χ1) is 14.9. The van der Waals surface area contributed by atoms with Crippen molar-refractivity contribution in [3.05, 3.63) is 47.4 Å². The molecule has 2 aliphatic carbocycles. The third-order valence-corrected chi connectivity index (χ3v) is 5.55. The van der Waals surface area contributed by atoms with Crippen molar-refractivity contribution in [2.45, 2.75) is 37.3 Å². The molecule has 31 heavy (non-hydrogen) atoms. The molecule has 1 aliphatic heterocycles. The number of aromatic nitrogens is 1. The highest BCUT2D eigenvalue weighted by molar-refractivity contribution is 6.02. The van der Waals surface area contributed by atoms with Gasteiger partial charge < -0.3 is 20.2 Å². The van der Waals surface area contributed by atoms with Crippen molar-refractivity contribution in [3.8, 4) is 11.8 Å². The van der Waals surface area contributed by atoms with E-state index >= 15 is 0 Å². The zero-order valence-electron chi connectivity index (χ0n) is 16.1. The van der Waals surface area contributed by atoms with E-state index in [4.69, 9.17) is 14.9 Å². The van der Waals surface area contributed by atoms with E-state index in [2.05, 4.69) is 27.1 Å². The number of anilines is 1. The van der Waals surface area contributed by atoms with Crippen LogP contribution < -0.4 is 11.1 Å². The maximum Gasteiger partial charge on any atom is 0.283 e. The Morgan fingerprint density at radius 1 is 1.35 bits per heavy atom. The van der Waals surface area contributed by atoms with Crippen LogP contribution in [0.15, 0.2) is 33.9 Å². The number of nitrogens with two attached hydrogens (primary N) is 1. The Labute approximate surface area is 174 Å². The summed E-state index contributed by atoms with van der Waals surface area (Å²) in [6.07, 6.45) is -0.0402. The third-order valence-electron chi connectivity index (χ3n) is 5.55. The lowest BCUT2D eigenvalue weighted by Gasteiger charge is -2.33. The summed E-state index contributed by atoms with van der Waals surface area (Å²) in [6, 6.07) is 3.00. The smallest absolute Gasteiger partial charge is 0.283 e. The highest BCUT2D eigenvalue weighted by Gasteiger charge is 2.64. The number of hydrogen-bond donors (Lipinski definition) is 2. The minimum atomic E-state index is -3.02. The highest BCUT2D eigenvalue weighted by atomic mass is 19.3. The second kappa shape index (κ2) is 7.04. The van der Waals surface area contributed by atoms with Gasteiger partial charge in [0.05, 0.1) is 0 Å². The van der Waals surface area contributed by atoms with Gasteiger partial charge in [-0.05, 0) is 43.4 Å². The van der Waals surface area contributed by atoms with Crippen molar-refractivity contribution in [3.63, 3.8) is 0 Å². The van der Waals surface area contributed by atoms with E-state index in [1.165, 1.54) is 6.07 Å². The van der Waals surface area contributed by atoms with Gasteiger partial charge in [-0.25, -0.2) is 18.2 Å². The average molecular weight is 430 g/mol. The van der Waals surface area contributed by atoms with Gasteiger partial charge in [0.2, 0.25) is 0 Å². The first kappa shape index (κ1) is 19.5. The molecular weight excluding hydrogens is 413 g/mol. The summed E-state index contributed by atoms with van der Waals surface area (Å²) in [4.78, 5) is 20.3. The lowest BCUT2D eigenvalue weighted by Crippen LogP contribution is -2.43. The number of aliphatic imine (C=N–C) groups is 1. The molecule has 1 aromatic carbocycles. The summed E-state index contributed by atoms with van der Waals surface area (Å²) in [7, 11) is 0. The van der Waals surface area contributed by atoms with Crippen LogP contribution in [0.25, 0.3) is 0 Å². The van der Waals surface area contributed by atoms with Crippen LogP contribution in [-0.2, 0) is 10.3 Å². The number of ether oxygens (including phenoxy) is 1. The number of rotatable bonds is 4. The van der Waals surface area contributed by atoms with Crippen molar-refractivity contribution in [1.82, 2.24) is 4.98 Å². The molecule has 2 aromatic rings. The Bertz CT molecular complexity index is 1150. The van der Waals surface area contributed by atoms with Crippen LogP contribution in [0.2, 0.25) is 0 Å². The van der Waals surface area contributed by atoms with Gasteiger partial charge in [-0.2, -0.15) is 4.98 Å². The molecule has 10 heteroatoms. The van der Waals surface area contributed by atoms with Crippen molar-refractivity contribution in [2.75, 3.05) is 5.32 Å². The van der Waals surface area contributed by atoms with Crippen molar-refractivity contribution < 1.29 is 27.1 Å². The van der Waals surface area contributed by atoms with Crippen LogP contribution in [0, 0.1) is 29.5 Å². The highest BCUT2D eigenvalue weighted by Crippen LogP contribution is 2.56. The number of amides is 1. The largest absolute Gasteiger partial charge is 0.462 e. The molecule has 2 heterocycles. The number of oxazole rings is 1. The van der Waals surface area contributed by atoms with Gasteiger partial charge in [0.15, 0.2) is 11.2 Å². The van der Waals surface area contributed by atoms with E-state index < -0.39 is 41.7 Å². The number of carbonyl (C=O) groups excluding carboxylic acids is 1. The molecule has 5 rings (SSSR count). The fourth-order valence-electron chi connectivity index (χ4n) is 3.73. The van der Waals surface area contributed by atoms with Crippen LogP contribution in [0.3, 0.4) is 0 Å². The van der Waals surface area contributed by atoms with Gasteiger partial charge in [0.1, 0.15) is 18.2 Å². The summed E-state index contributed by atoms with van der Waals surface area (Å²) in [5.74, 6) is 3.95. The summed E-state index contributed by atoms with van der Waals surface area (Å²) in [6.45, 7) is 0. The Hall–Kier alpha value is -3.48. The van der Waals surface area contributed by atoms with E-state index in [1.807, 2.05) is 0 Å². The molecule has 0 spiro atoms. The minimum Gasteiger partial charge on any atom is -0.462 e. The molecule has 0 saturated heterocycles. The molecule has 2 fully saturated rings. The summed E-state index contributed by atoms with van der Waals surface area (Å²) in [5.41, 5.74) is 3.12. The Kier molecular flexibility index (Phi) is 4.43. The maximum absolute atomic E-state index is 14.7. The molecule has 7 nitrogen and oxygen atoms in total. The number of carbonyl (C=O) groups is 1. The second-order valence-corrected chi connectivity index (χ2v) is 7.80. The van der Waals surface area contributed by atoms with E-state index in [0.717, 1.165) is 31.2 Å². The number of nitrogens with one attached hydrogen (secondary N) is 1. The van der Waals surface area contributed by atoms with Gasteiger partial charge in [-0.15, -0.1) is 0 Å². The van der Waals surface area contributed by atoms with Crippen LogP contribution in [0.1, 0.15) is 41.2 Å². The molecule has 1 amide bonds. The molecule has 1 aromatic heterocycles. The second-order valence-electron chi connectivity index (χ2n) is 7.80. The number of nitrogens with zero attached hydrogens (tertiary/aromatic N) is 2. The molecule has 0 radical (unpaired) electrons. The molecule has 2 saturated carbocycles. The Balaban J connectivity index is 1.42. The van der Waals surface area contributed by atoms with Crippen molar-refractivity contribution in [1.29, 1.82) is 0 Å². The normalized spacial score (nSPS) is 26.3. The minimum absolute atomic E-state index is 0.0369. The number of halogens is 3. The lowest BCUT2D eigenvalue weighted by atomic mass is 9.84. The fraction of sp³-hybridized carbons (Fsp3) is 0.381. The average Bonchev–Trinajstić information content (AvgIpc) is 3.65. The molecule has 0 bridgehead atoms. The molecule has 3 aliphatic rings. The monoisotopic (exact) mass is 430 g/mol. The molecule has 160 valence electrons. The Morgan fingerprint density at radius 2 is 2.16 bits per heavy atom. The van der Waals surface area contributed by atoms with Crippen LogP contribution >= 0.6 is 0 Å². The zero-order valence-corrected chi connectivity index (χ0v) is 16.1. The first-order valence-corrected chi connectivity index (χ1v) is 9.75. The van der Waals surface area contributed by atoms with Gasteiger partial charge in [0.25, 0.3) is 24.2 Å². The van der Waals surface area contributed by atoms with Crippen LogP contribution in [-0.4, -0.2) is 29.4 Å². The summed E-state index contributed by atoms with van der Waals surface area (Å²) < 4.78 is 53.4. The fourth-order valence-corrected chi connectivity index (χ4v) is 3.73. The van der Waals surface area contributed by atoms with Gasteiger partial charge in [-0.3, -0.25) is 4.79 Å². The SMILES string of the molecule is NC1=N[C@@](c2cc(NC(=O)c3coc(C#CC4CC4)n3)ccc2F)(C(F)F)[C@H]2C[C@H]2O1. The predicted octanol–water partition coefficient (Wildman–Crippen LogP) is 3.02. The zero-order chi connectivity index (χ0) is 21.8. The lowest BCUT2D eigenvalue weighted by molar-refractivity contribution is 0.0177. The molecular formula is C21H17F3N4O3. The summed E-state index contributed by atoms with van der Waals surface area (Å²) in [5, 5.41) is 2.52. The number of amidine groups is 1. The number of hydrogen-bond acceptors (Lipinski definition) is 6. The number of alkyl halides is 2. The van der Waals surface area contributed by atoms with Crippen LogP contribution in [0.4, 0.5) is 18.9 Å². The van der Waals surface area contributed by atoms with E-state index in [-0.39, 0.29) is 29.3 Å². The third kappa shape index (κ3) is 3.50. The van der Waals surface area contributed by atoms with Crippen molar-refractivity contribution in [2.24, 2.45) is 22.6 Å². The van der Waals surface area contributed by atoms with E-state index in [1.54, 1.807) is 0 Å². The van der Waals surface area contributed by atoms with E-state index in [9.17, 15) is 18.0 Å². The topological polar surface area (TPSA) is 103 Å². The number of fused-ring (bicyclic) bond motifs is 1. The van der Waals surface area contributed by atoms with Crippen molar-refractivity contribution >= 4 is 17.6 Å². The van der Waals surface area contributed by atoms with E-state index in [0.29, 0.717) is 5.92 Å². The molecule has 3 atom stereocenters. The van der Waals surface area contributed by atoms with Crippen LogP contribution in [0.5, 0.6) is 0 Å².